The second kappa shape index (κ2) is 6.60. The van der Waals surface area contributed by atoms with Gasteiger partial charge in [0.05, 0.1) is 17.6 Å². The van der Waals surface area contributed by atoms with Crippen molar-refractivity contribution in [2.24, 2.45) is 0 Å². The van der Waals surface area contributed by atoms with Gasteiger partial charge >= 0.3 is 5.76 Å². The number of carbonyl (C=O) groups is 1. The number of carbonyl (C=O) groups excluding carboxylic acids is 1. The van der Waals surface area contributed by atoms with Gasteiger partial charge < -0.3 is 14.2 Å². The van der Waals surface area contributed by atoms with Crippen LogP contribution in [0, 0.1) is 13.8 Å². The van der Waals surface area contributed by atoms with E-state index in [2.05, 4.69) is 15.3 Å². The highest BCUT2D eigenvalue weighted by molar-refractivity contribution is 5.93. The molecule has 4 aromatic rings. The lowest BCUT2D eigenvalue weighted by molar-refractivity contribution is -0.115. The Morgan fingerprint density at radius 3 is 2.78 bits per heavy atom. The van der Waals surface area contributed by atoms with E-state index in [1.807, 2.05) is 31.2 Å². The summed E-state index contributed by atoms with van der Waals surface area (Å²) < 4.78 is 10.7. The topological polar surface area (TPSA) is 101 Å². The second-order valence-electron chi connectivity index (χ2n) is 6.29. The van der Waals surface area contributed by atoms with Crippen molar-refractivity contribution in [1.82, 2.24) is 9.97 Å². The van der Waals surface area contributed by atoms with Crippen molar-refractivity contribution in [3.63, 3.8) is 0 Å². The number of H-pyrrole nitrogens is 1. The Labute approximate surface area is 154 Å². The predicted molar refractivity (Wildman–Crippen MR) is 101 cm³/mol. The minimum atomic E-state index is -0.532. The second-order valence-corrected chi connectivity index (χ2v) is 6.29. The third-order valence-electron chi connectivity index (χ3n) is 4.30. The minimum Gasteiger partial charge on any atom is -0.441 e. The van der Waals surface area contributed by atoms with Crippen molar-refractivity contribution in [1.29, 1.82) is 0 Å². The molecule has 2 aromatic carbocycles. The number of hydrogen-bond acceptors (Lipinski definition) is 5. The van der Waals surface area contributed by atoms with Crippen LogP contribution in [-0.2, 0) is 11.2 Å². The van der Waals surface area contributed by atoms with Gasteiger partial charge in [-0.3, -0.25) is 9.78 Å². The number of benzene rings is 2. The van der Waals surface area contributed by atoms with Crippen molar-refractivity contribution < 1.29 is 13.6 Å². The Morgan fingerprint density at radius 1 is 1.15 bits per heavy atom. The number of aromatic nitrogens is 2. The molecule has 7 nitrogen and oxygen atoms in total. The van der Waals surface area contributed by atoms with E-state index in [1.165, 1.54) is 0 Å². The van der Waals surface area contributed by atoms with Crippen molar-refractivity contribution in [3.05, 3.63) is 70.0 Å². The summed E-state index contributed by atoms with van der Waals surface area (Å²) in [7, 11) is 0. The molecule has 7 heteroatoms. The third kappa shape index (κ3) is 3.39. The molecule has 27 heavy (non-hydrogen) atoms. The Hall–Kier alpha value is -3.61. The largest absolute Gasteiger partial charge is 0.441 e. The lowest BCUT2D eigenvalue weighted by atomic mass is 10.1. The molecule has 0 bridgehead atoms. The summed E-state index contributed by atoms with van der Waals surface area (Å²) in [5.74, 6) is 0.342. The number of anilines is 1. The van der Waals surface area contributed by atoms with Crippen LogP contribution in [0.2, 0.25) is 0 Å². The number of aryl methyl sites for hydroxylation is 2. The monoisotopic (exact) mass is 363 g/mol. The van der Waals surface area contributed by atoms with Crippen LogP contribution in [0.15, 0.2) is 56.1 Å². The first-order valence-corrected chi connectivity index (χ1v) is 8.44. The van der Waals surface area contributed by atoms with E-state index >= 15 is 0 Å². The molecule has 2 N–H and O–H groups in total. The van der Waals surface area contributed by atoms with Crippen molar-refractivity contribution in [2.75, 3.05) is 5.32 Å². The molecule has 0 fully saturated rings. The summed E-state index contributed by atoms with van der Waals surface area (Å²) in [5.41, 5.74) is 4.04. The van der Waals surface area contributed by atoms with Crippen LogP contribution < -0.4 is 11.1 Å². The molecule has 0 spiro atoms. The normalized spacial score (nSPS) is 11.0. The lowest BCUT2D eigenvalue weighted by Crippen LogP contribution is -2.15. The van der Waals surface area contributed by atoms with E-state index in [0.29, 0.717) is 34.1 Å². The van der Waals surface area contributed by atoms with Crippen LogP contribution in [0.5, 0.6) is 0 Å². The summed E-state index contributed by atoms with van der Waals surface area (Å²) >= 11 is 0. The number of oxazole rings is 2. The number of nitrogens with one attached hydrogen (secondary N) is 2. The number of amides is 1. The molecule has 136 valence electrons. The van der Waals surface area contributed by atoms with Gasteiger partial charge in [0.15, 0.2) is 5.58 Å². The molecule has 0 aliphatic heterocycles. The fourth-order valence-electron chi connectivity index (χ4n) is 2.90. The molecule has 0 aliphatic carbocycles. The molecular formula is C20H17N3O4. The summed E-state index contributed by atoms with van der Waals surface area (Å²) in [5, 5.41) is 2.78. The minimum absolute atomic E-state index is 0.0797. The average Bonchev–Trinajstić information content (AvgIpc) is 3.16. The molecule has 2 aromatic heterocycles. The molecule has 0 saturated heterocycles. The zero-order valence-electron chi connectivity index (χ0n) is 14.8. The zero-order chi connectivity index (χ0) is 19.0. The maximum atomic E-state index is 12.4. The fourth-order valence-corrected chi connectivity index (χ4v) is 2.90. The van der Waals surface area contributed by atoms with E-state index in [-0.39, 0.29) is 12.3 Å². The number of aromatic amines is 1. The molecule has 4 rings (SSSR count). The van der Waals surface area contributed by atoms with E-state index in [4.69, 9.17) is 8.83 Å². The van der Waals surface area contributed by atoms with Crippen LogP contribution >= 0.6 is 0 Å². The van der Waals surface area contributed by atoms with Gasteiger partial charge in [-0.25, -0.2) is 9.78 Å². The average molecular weight is 363 g/mol. The van der Waals surface area contributed by atoms with Crippen molar-refractivity contribution >= 4 is 22.7 Å². The van der Waals surface area contributed by atoms with Gasteiger partial charge in [-0.1, -0.05) is 18.2 Å². The van der Waals surface area contributed by atoms with E-state index < -0.39 is 5.76 Å². The van der Waals surface area contributed by atoms with E-state index in [0.717, 1.165) is 11.1 Å². The third-order valence-corrected chi connectivity index (χ3v) is 4.30. The molecule has 1 amide bonds. The highest BCUT2D eigenvalue weighted by atomic mass is 16.4. The van der Waals surface area contributed by atoms with Crippen LogP contribution in [-0.4, -0.2) is 15.9 Å². The summed E-state index contributed by atoms with van der Waals surface area (Å²) in [6.45, 7) is 3.77. The highest BCUT2D eigenvalue weighted by Gasteiger charge is 2.16. The first-order chi connectivity index (χ1) is 13.0. The van der Waals surface area contributed by atoms with Gasteiger partial charge in [0.1, 0.15) is 5.76 Å². The molecule has 0 radical (unpaired) electrons. The number of nitrogens with zero attached hydrogens (tertiary/aromatic N) is 1. The fraction of sp³-hybridized carbons (Fsp3) is 0.150. The molecule has 0 atom stereocenters. The van der Waals surface area contributed by atoms with Gasteiger partial charge in [0.25, 0.3) is 0 Å². The van der Waals surface area contributed by atoms with Gasteiger partial charge in [0.2, 0.25) is 11.8 Å². The highest BCUT2D eigenvalue weighted by Crippen LogP contribution is 2.25. The zero-order valence-corrected chi connectivity index (χ0v) is 14.8. The Balaban J connectivity index is 1.52. The van der Waals surface area contributed by atoms with Crippen LogP contribution in [0.1, 0.15) is 17.0 Å². The molecule has 2 heterocycles. The van der Waals surface area contributed by atoms with Gasteiger partial charge in [-0.05, 0) is 37.6 Å². The number of hydrogen-bond donors (Lipinski definition) is 2. The first kappa shape index (κ1) is 16.8. The summed E-state index contributed by atoms with van der Waals surface area (Å²) in [6.07, 6.45) is 0.0797. The lowest BCUT2D eigenvalue weighted by Gasteiger charge is -2.03. The van der Waals surface area contributed by atoms with Crippen LogP contribution in [0.4, 0.5) is 5.69 Å². The number of fused-ring (bicyclic) bond motifs is 1. The first-order valence-electron chi connectivity index (χ1n) is 8.44. The standard InChI is InChI=1S/C20H17N3O4/c1-11-5-3-4-6-14(11)19-22-16(12(2)26-19)10-18(24)21-13-7-8-15-17(9-13)27-20(25)23-15/h3-9H,10H2,1-2H3,(H,21,24)(H,23,25). The Morgan fingerprint density at radius 2 is 1.96 bits per heavy atom. The molecule has 0 unspecified atom stereocenters. The quantitative estimate of drug-likeness (QED) is 0.577. The molecule has 0 aliphatic rings. The van der Waals surface area contributed by atoms with Crippen molar-refractivity contribution in [3.8, 4) is 11.5 Å². The van der Waals surface area contributed by atoms with Gasteiger partial charge in [-0.15, -0.1) is 0 Å². The van der Waals surface area contributed by atoms with Gasteiger partial charge in [0, 0.05) is 17.3 Å². The number of rotatable bonds is 4. The van der Waals surface area contributed by atoms with Crippen LogP contribution in [0.3, 0.4) is 0 Å². The Bertz CT molecular complexity index is 1200. The maximum absolute atomic E-state index is 12.4. The summed E-state index contributed by atoms with van der Waals surface area (Å²) in [4.78, 5) is 30.6. The van der Waals surface area contributed by atoms with E-state index in [9.17, 15) is 9.59 Å². The smallest absolute Gasteiger partial charge is 0.417 e. The SMILES string of the molecule is Cc1ccccc1-c1nc(CC(=O)Nc2ccc3[nH]c(=O)oc3c2)c(C)o1. The van der Waals surface area contributed by atoms with Crippen LogP contribution in [0.25, 0.3) is 22.6 Å². The van der Waals surface area contributed by atoms with E-state index in [1.54, 1.807) is 25.1 Å². The van der Waals surface area contributed by atoms with Gasteiger partial charge in [-0.2, -0.15) is 0 Å². The summed E-state index contributed by atoms with van der Waals surface area (Å²) in [6, 6.07) is 12.8. The Kier molecular flexibility index (Phi) is 4.12. The molecular weight excluding hydrogens is 346 g/mol. The van der Waals surface area contributed by atoms with Crippen molar-refractivity contribution in [2.45, 2.75) is 20.3 Å². The predicted octanol–water partition coefficient (Wildman–Crippen LogP) is 3.57. The molecule has 0 saturated carbocycles. The maximum Gasteiger partial charge on any atom is 0.417 e.